The monoisotopic (exact) mass is 676 g/mol. The summed E-state index contributed by atoms with van der Waals surface area (Å²) >= 11 is 0. The van der Waals surface area contributed by atoms with Gasteiger partial charge in [-0.2, -0.15) is 0 Å². The number of phosphoric acid groups is 1. The van der Waals surface area contributed by atoms with Crippen LogP contribution in [0.25, 0.3) is 0 Å². The first kappa shape index (κ1) is 44.1. The Morgan fingerprint density at radius 3 is 1.74 bits per heavy atom. The Labute approximate surface area is 278 Å². The predicted octanol–water partition coefficient (Wildman–Crippen LogP) is 7.04. The van der Waals surface area contributed by atoms with Gasteiger partial charge >= 0.3 is 19.8 Å². The zero-order valence-corrected chi connectivity index (χ0v) is 30.2. The summed E-state index contributed by atoms with van der Waals surface area (Å²) in [5.41, 5.74) is 0. The first-order valence-corrected chi connectivity index (χ1v) is 18.8. The maximum atomic E-state index is 12.4. The van der Waals surface area contributed by atoms with Crippen molar-refractivity contribution in [1.29, 1.82) is 0 Å². The molecule has 1 N–H and O–H groups in total. The van der Waals surface area contributed by atoms with E-state index in [9.17, 15) is 28.6 Å². The minimum atomic E-state index is -4.44. The number of phosphoric ester groups is 1. The van der Waals surface area contributed by atoms with Crippen molar-refractivity contribution < 1.29 is 51.6 Å². The first-order valence-electron chi connectivity index (χ1n) is 17.3. The normalized spacial score (nSPS) is 13.8. The fraction of sp³-hybridized carbons (Fsp3) is 0.824. The minimum absolute atomic E-state index is 0.0256. The Bertz CT molecular complexity index is 931. The lowest BCUT2D eigenvalue weighted by atomic mass is 10.0. The third kappa shape index (κ3) is 29.5. The molecule has 0 spiro atoms. The third-order valence-corrected chi connectivity index (χ3v) is 8.24. The largest absolute Gasteiger partial charge is 0.472 e. The van der Waals surface area contributed by atoms with Gasteiger partial charge in [0.05, 0.1) is 27.7 Å². The van der Waals surface area contributed by atoms with Crippen LogP contribution in [0.3, 0.4) is 0 Å². The molecule has 268 valence electrons. The molecule has 0 fully saturated rings. The lowest BCUT2D eigenvalue weighted by Gasteiger charge is -2.24. The second-order valence-electron chi connectivity index (χ2n) is 12.9. The van der Waals surface area contributed by atoms with E-state index in [4.69, 9.17) is 18.5 Å². The number of carbonyl (C=O) groups is 4. The molecule has 0 saturated carbocycles. The zero-order chi connectivity index (χ0) is 34.7. The Kier molecular flexibility index (Phi) is 26.0. The summed E-state index contributed by atoms with van der Waals surface area (Å²) < 4.78 is 33.6. The molecule has 0 saturated heterocycles. The molecular formula is C34H63NO10P+. The molecule has 11 nitrogen and oxygen atoms in total. The van der Waals surface area contributed by atoms with Gasteiger partial charge in [-0.3, -0.25) is 28.2 Å². The molecule has 46 heavy (non-hydrogen) atoms. The number of allylic oxidation sites excluding steroid dienone is 2. The van der Waals surface area contributed by atoms with Crippen molar-refractivity contribution in [2.45, 2.75) is 136 Å². The number of hydrogen-bond acceptors (Lipinski definition) is 9. The average Bonchev–Trinajstić information content (AvgIpc) is 2.98. The van der Waals surface area contributed by atoms with Crippen LogP contribution in [0.1, 0.15) is 129 Å². The van der Waals surface area contributed by atoms with Gasteiger partial charge in [0.25, 0.3) is 0 Å². The summed E-state index contributed by atoms with van der Waals surface area (Å²) in [5, 5.41) is 0. The molecule has 0 amide bonds. The van der Waals surface area contributed by atoms with E-state index in [0.29, 0.717) is 23.9 Å². The minimum Gasteiger partial charge on any atom is -0.462 e. The molecule has 0 aliphatic carbocycles. The highest BCUT2D eigenvalue weighted by molar-refractivity contribution is 7.47. The number of hydrogen-bond donors (Lipinski definition) is 1. The van der Waals surface area contributed by atoms with E-state index in [2.05, 4.69) is 6.92 Å². The molecule has 0 rings (SSSR count). The molecule has 0 aromatic rings. The van der Waals surface area contributed by atoms with Crippen molar-refractivity contribution in [2.24, 2.45) is 0 Å². The maximum absolute atomic E-state index is 12.4. The topological polar surface area (TPSA) is 142 Å². The van der Waals surface area contributed by atoms with Gasteiger partial charge in [0.1, 0.15) is 19.8 Å². The van der Waals surface area contributed by atoms with Crippen molar-refractivity contribution in [3.63, 3.8) is 0 Å². The molecule has 12 heteroatoms. The van der Waals surface area contributed by atoms with Crippen molar-refractivity contribution in [1.82, 2.24) is 0 Å². The quantitative estimate of drug-likeness (QED) is 0.0267. The summed E-state index contributed by atoms with van der Waals surface area (Å²) in [6.45, 7) is 3.50. The van der Waals surface area contributed by atoms with Crippen LogP contribution in [-0.2, 0) is 42.3 Å². The molecule has 0 aromatic heterocycles. The molecule has 0 aromatic carbocycles. The van der Waals surface area contributed by atoms with E-state index < -0.39 is 32.5 Å². The van der Waals surface area contributed by atoms with Crippen LogP contribution >= 0.6 is 7.82 Å². The van der Waals surface area contributed by atoms with Gasteiger partial charge in [-0.15, -0.1) is 0 Å². The number of rotatable bonds is 31. The predicted molar refractivity (Wildman–Crippen MR) is 179 cm³/mol. The van der Waals surface area contributed by atoms with Crippen molar-refractivity contribution in [2.75, 3.05) is 47.5 Å². The number of ether oxygens (including phenoxy) is 2. The summed E-state index contributed by atoms with van der Waals surface area (Å²) in [4.78, 5) is 58.1. The van der Waals surface area contributed by atoms with Gasteiger partial charge in [-0.25, -0.2) is 4.57 Å². The molecule has 0 radical (unpaired) electrons. The fourth-order valence-electron chi connectivity index (χ4n) is 4.34. The summed E-state index contributed by atoms with van der Waals surface area (Å²) in [7, 11) is 1.28. The molecule has 0 aliphatic rings. The average molecular weight is 677 g/mol. The molecule has 0 heterocycles. The van der Waals surface area contributed by atoms with E-state index in [1.54, 1.807) is 6.92 Å². The van der Waals surface area contributed by atoms with E-state index in [0.717, 1.165) is 19.3 Å². The third-order valence-electron chi connectivity index (χ3n) is 7.26. The standard InChI is InChI=1S/C34H62NO10P/c1-6-8-9-10-11-12-13-14-15-16-17-18-19-22-33(38)42-28-32(29-44-46(40,41)43-27-26-35(3,4)5)45-34(39)23-20-21-31(37)25-24-30(36)7-2/h24-25,32H,6-23,26-29H2,1-5H3/p+1/t32-/m1/s1. The van der Waals surface area contributed by atoms with Gasteiger partial charge in [-0.05, 0) is 25.0 Å². The number of ketones is 2. The Hall–Kier alpha value is -1.91. The highest BCUT2D eigenvalue weighted by Crippen LogP contribution is 2.43. The SMILES string of the molecule is CCCCCCCCCCCCCCCC(=O)OC[C@H](COP(=O)(O)OCC[N+](C)(C)C)OC(=O)CCCC(=O)C=CC(=O)CC. The van der Waals surface area contributed by atoms with Gasteiger partial charge in [-0.1, -0.05) is 90.9 Å². The maximum Gasteiger partial charge on any atom is 0.472 e. The van der Waals surface area contributed by atoms with Crippen LogP contribution in [-0.4, -0.2) is 86.5 Å². The highest BCUT2D eigenvalue weighted by Gasteiger charge is 2.27. The van der Waals surface area contributed by atoms with Crippen molar-refractivity contribution in [3.8, 4) is 0 Å². The van der Waals surface area contributed by atoms with E-state index in [1.165, 1.54) is 69.9 Å². The van der Waals surface area contributed by atoms with Gasteiger partial charge in [0, 0.05) is 25.7 Å². The van der Waals surface area contributed by atoms with Crippen LogP contribution < -0.4 is 0 Å². The first-order chi connectivity index (χ1) is 21.8. The van der Waals surface area contributed by atoms with Crippen molar-refractivity contribution >= 4 is 31.3 Å². The fourth-order valence-corrected chi connectivity index (χ4v) is 5.09. The molecule has 0 aliphatic heterocycles. The van der Waals surface area contributed by atoms with Gasteiger partial charge < -0.3 is 18.9 Å². The van der Waals surface area contributed by atoms with Gasteiger partial charge in [0.15, 0.2) is 17.7 Å². The summed E-state index contributed by atoms with van der Waals surface area (Å²) in [5.74, 6) is -1.58. The van der Waals surface area contributed by atoms with Gasteiger partial charge in [0.2, 0.25) is 0 Å². The molecule has 0 bridgehead atoms. The Morgan fingerprint density at radius 1 is 0.674 bits per heavy atom. The molecule has 2 atom stereocenters. The van der Waals surface area contributed by atoms with Crippen LogP contribution in [0.2, 0.25) is 0 Å². The number of likely N-dealkylation sites (N-methyl/N-ethyl adjacent to an activating group) is 1. The van der Waals surface area contributed by atoms with E-state index in [-0.39, 0.29) is 50.5 Å². The van der Waals surface area contributed by atoms with Crippen LogP contribution in [0, 0.1) is 0 Å². The lowest BCUT2D eigenvalue weighted by Crippen LogP contribution is -2.37. The second kappa shape index (κ2) is 27.1. The van der Waals surface area contributed by atoms with Crippen LogP contribution in [0.5, 0.6) is 0 Å². The second-order valence-corrected chi connectivity index (χ2v) is 14.3. The number of unbranched alkanes of at least 4 members (excludes halogenated alkanes) is 12. The van der Waals surface area contributed by atoms with Crippen LogP contribution in [0.4, 0.5) is 0 Å². The molecular weight excluding hydrogens is 613 g/mol. The van der Waals surface area contributed by atoms with Crippen LogP contribution in [0.15, 0.2) is 12.2 Å². The summed E-state index contributed by atoms with van der Waals surface area (Å²) in [6.07, 6.45) is 17.5. The number of esters is 2. The lowest BCUT2D eigenvalue weighted by molar-refractivity contribution is -0.870. The summed E-state index contributed by atoms with van der Waals surface area (Å²) in [6, 6.07) is 0. The molecule has 1 unspecified atom stereocenters. The van der Waals surface area contributed by atoms with Crippen molar-refractivity contribution in [3.05, 3.63) is 12.2 Å². The van der Waals surface area contributed by atoms with E-state index >= 15 is 0 Å². The number of quaternary nitrogens is 1. The Balaban J connectivity index is 4.57. The highest BCUT2D eigenvalue weighted by atomic mass is 31.2. The van der Waals surface area contributed by atoms with E-state index in [1.807, 2.05) is 21.1 Å². The Morgan fingerprint density at radius 2 is 1.20 bits per heavy atom. The zero-order valence-electron chi connectivity index (χ0n) is 29.3. The number of carbonyl (C=O) groups excluding carboxylic acids is 4. The number of nitrogens with zero attached hydrogens (tertiary/aromatic N) is 1. The smallest absolute Gasteiger partial charge is 0.462 e.